The highest BCUT2D eigenvalue weighted by Crippen LogP contribution is 2.64. The average molecular weight is 848 g/mol. The Bertz CT molecular complexity index is 2050. The Kier molecular flexibility index (Phi) is 13.0. The van der Waals surface area contributed by atoms with Crippen LogP contribution in [0.1, 0.15) is 109 Å². The van der Waals surface area contributed by atoms with Crippen LogP contribution >= 0.6 is 0 Å². The third-order valence-corrected chi connectivity index (χ3v) is 13.5. The van der Waals surface area contributed by atoms with Gasteiger partial charge < -0.3 is 44.3 Å². The first-order valence-electron chi connectivity index (χ1n) is 20.9. The largest absolute Gasteiger partial charge is 0.456 e. The maximum Gasteiger partial charge on any atom is 0.338 e. The van der Waals surface area contributed by atoms with Gasteiger partial charge in [-0.1, -0.05) is 82.1 Å². The van der Waals surface area contributed by atoms with Gasteiger partial charge in [0.2, 0.25) is 5.91 Å². The van der Waals surface area contributed by atoms with Gasteiger partial charge in [-0.3, -0.25) is 19.2 Å². The summed E-state index contributed by atoms with van der Waals surface area (Å²) in [6.07, 6.45) is -7.92. The lowest BCUT2D eigenvalue weighted by molar-refractivity contribution is -0.346. The van der Waals surface area contributed by atoms with Gasteiger partial charge in [0.25, 0.3) is 0 Å². The summed E-state index contributed by atoms with van der Waals surface area (Å²) in [7, 11) is 0. The molecule has 2 bridgehead atoms. The van der Waals surface area contributed by atoms with Crippen LogP contribution in [0.2, 0.25) is 0 Å². The van der Waals surface area contributed by atoms with E-state index in [0.717, 1.165) is 26.7 Å². The number of ether oxygens (including phenoxy) is 5. The number of hydrogen-bond donors (Lipinski definition) is 4. The first kappa shape index (κ1) is 45.6. The number of aliphatic hydroxyl groups is 3. The number of aliphatic hydroxyl groups excluding tert-OH is 2. The zero-order valence-electron chi connectivity index (χ0n) is 35.7. The van der Waals surface area contributed by atoms with Crippen molar-refractivity contribution in [2.45, 2.75) is 141 Å². The normalized spacial score (nSPS) is 32.3. The lowest BCUT2D eigenvalue weighted by Crippen LogP contribution is -2.82. The summed E-state index contributed by atoms with van der Waals surface area (Å²) in [5.74, 6) is -6.55. The molecule has 1 saturated heterocycles. The molecule has 0 spiro atoms. The molecule has 61 heavy (non-hydrogen) atoms. The third kappa shape index (κ3) is 8.01. The standard InChI is InChI=1S/C46H57NO14/c1-8-9-12-21-33(51)47-35(28-17-13-10-14-18-28)36(52)42(55)59-30-23-46(56)40(60-41(54)29-19-15-11-16-20-29)38-44(7,31(50)22-32-45(38,24-57-32)61-27(4)49)39(53)37(58-26(3)48)34(25(30)2)43(46,5)6/h10-11,13-20,30-32,35-38,40,50,52,56H,8-9,12,21-24H2,1-7H3,(H,47,51)/t30?,31-,32+,35?,36?,37+,38?,40?,44+,45?,46+/m0/s1. The number of unbranched alkanes of at least 4 members (excludes halogenated alkanes) is 2. The Hall–Kier alpha value is -4.96. The van der Waals surface area contributed by atoms with Crippen LogP contribution in [-0.4, -0.2) is 105 Å². The van der Waals surface area contributed by atoms with Crippen LogP contribution in [0.3, 0.4) is 0 Å². The number of carbonyl (C=O) groups excluding carboxylic acids is 6. The lowest BCUT2D eigenvalue weighted by atomic mass is 9.44. The number of fused-ring (bicyclic) bond motifs is 5. The summed E-state index contributed by atoms with van der Waals surface area (Å²) in [5, 5.41) is 40.2. The second-order valence-corrected chi connectivity index (χ2v) is 17.5. The first-order valence-corrected chi connectivity index (χ1v) is 20.9. The summed E-state index contributed by atoms with van der Waals surface area (Å²) in [5.41, 5.74) is -7.12. The van der Waals surface area contributed by atoms with Gasteiger partial charge in [0.05, 0.1) is 35.6 Å². The van der Waals surface area contributed by atoms with Gasteiger partial charge in [-0.15, -0.1) is 0 Å². The molecule has 2 aromatic carbocycles. The fourth-order valence-electron chi connectivity index (χ4n) is 10.1. The molecule has 3 fully saturated rings. The average Bonchev–Trinajstić information content (AvgIpc) is 3.21. The third-order valence-electron chi connectivity index (χ3n) is 13.5. The Labute approximate surface area is 355 Å². The number of nitrogens with one attached hydrogen (secondary N) is 1. The van der Waals surface area contributed by atoms with Gasteiger partial charge >= 0.3 is 23.9 Å². The highest BCUT2D eigenvalue weighted by molar-refractivity contribution is 5.95. The van der Waals surface area contributed by atoms with Gasteiger partial charge in [-0.2, -0.15) is 0 Å². The van der Waals surface area contributed by atoms with E-state index >= 15 is 4.79 Å². The van der Waals surface area contributed by atoms with Gasteiger partial charge in [-0.25, -0.2) is 9.59 Å². The number of hydrogen-bond acceptors (Lipinski definition) is 14. The molecule has 4 aliphatic rings. The van der Waals surface area contributed by atoms with Crippen molar-refractivity contribution in [1.82, 2.24) is 5.32 Å². The summed E-state index contributed by atoms with van der Waals surface area (Å²) in [6.45, 7) is 10.0. The minimum Gasteiger partial charge on any atom is -0.456 e. The fourth-order valence-corrected chi connectivity index (χ4v) is 10.1. The van der Waals surface area contributed by atoms with Crippen LogP contribution in [0.4, 0.5) is 0 Å². The topological polar surface area (TPSA) is 221 Å². The molecule has 11 atom stereocenters. The number of Topliss-reactive ketones (excluding diaryl/α,β-unsaturated/α-hetero) is 1. The smallest absolute Gasteiger partial charge is 0.338 e. The van der Waals surface area contributed by atoms with E-state index in [9.17, 15) is 39.3 Å². The molecule has 330 valence electrons. The van der Waals surface area contributed by atoms with Crippen LogP contribution in [0, 0.1) is 16.7 Å². The van der Waals surface area contributed by atoms with Crippen molar-refractivity contribution < 1.29 is 67.8 Å². The van der Waals surface area contributed by atoms with Crippen molar-refractivity contribution in [3.8, 4) is 0 Å². The first-order chi connectivity index (χ1) is 28.7. The minimum absolute atomic E-state index is 0.0127. The highest BCUT2D eigenvalue weighted by Gasteiger charge is 2.78. The molecule has 4 N–H and O–H groups in total. The number of esters is 4. The summed E-state index contributed by atoms with van der Waals surface area (Å²) in [6, 6.07) is 15.0. The number of amides is 1. The van der Waals surface area contributed by atoms with E-state index in [1.165, 1.54) is 26.0 Å². The molecule has 2 saturated carbocycles. The quantitative estimate of drug-likeness (QED) is 0.0969. The summed E-state index contributed by atoms with van der Waals surface area (Å²) < 4.78 is 30.3. The molecule has 3 aliphatic carbocycles. The molecule has 15 heteroatoms. The Morgan fingerprint density at radius 3 is 2.13 bits per heavy atom. The lowest BCUT2D eigenvalue weighted by Gasteiger charge is -2.67. The second-order valence-electron chi connectivity index (χ2n) is 17.5. The Balaban J connectivity index is 1.52. The van der Waals surface area contributed by atoms with Crippen molar-refractivity contribution in [3.63, 3.8) is 0 Å². The van der Waals surface area contributed by atoms with Gasteiger partial charge in [0.1, 0.15) is 23.9 Å². The molecule has 0 radical (unpaired) electrons. The van der Waals surface area contributed by atoms with Gasteiger partial charge in [0, 0.05) is 38.5 Å². The van der Waals surface area contributed by atoms with E-state index in [1.54, 1.807) is 62.4 Å². The predicted molar refractivity (Wildman–Crippen MR) is 216 cm³/mol. The fraction of sp³-hybridized carbons (Fsp3) is 0.565. The Morgan fingerprint density at radius 1 is 0.918 bits per heavy atom. The molecule has 0 aromatic heterocycles. The van der Waals surface area contributed by atoms with E-state index in [-0.39, 0.29) is 36.2 Å². The van der Waals surface area contributed by atoms with E-state index < -0.39 is 113 Å². The van der Waals surface area contributed by atoms with E-state index in [0.29, 0.717) is 12.0 Å². The van der Waals surface area contributed by atoms with Crippen molar-refractivity contribution in [3.05, 3.63) is 82.9 Å². The molecule has 15 nitrogen and oxygen atoms in total. The minimum atomic E-state index is -2.37. The van der Waals surface area contributed by atoms with Gasteiger partial charge in [-0.05, 0) is 49.1 Å². The predicted octanol–water partition coefficient (Wildman–Crippen LogP) is 4.00. The number of benzene rings is 2. The summed E-state index contributed by atoms with van der Waals surface area (Å²) >= 11 is 0. The van der Waals surface area contributed by atoms with E-state index in [4.69, 9.17) is 23.7 Å². The number of ketones is 1. The van der Waals surface area contributed by atoms with Crippen molar-refractivity contribution in [1.29, 1.82) is 0 Å². The molecule has 1 amide bonds. The molecule has 6 rings (SSSR count). The van der Waals surface area contributed by atoms with Crippen LogP contribution in [0.15, 0.2) is 71.8 Å². The number of carbonyl (C=O) groups is 6. The molecule has 2 aromatic rings. The molecule has 6 unspecified atom stereocenters. The molecular weight excluding hydrogens is 790 g/mol. The molecule has 1 aliphatic heterocycles. The summed E-state index contributed by atoms with van der Waals surface area (Å²) in [4.78, 5) is 83.0. The monoisotopic (exact) mass is 847 g/mol. The maximum atomic E-state index is 15.5. The van der Waals surface area contributed by atoms with Crippen molar-refractivity contribution in [2.75, 3.05) is 6.61 Å². The molecular formula is C46H57NO14. The van der Waals surface area contributed by atoms with E-state index in [2.05, 4.69) is 5.32 Å². The zero-order chi connectivity index (χ0) is 44.7. The van der Waals surface area contributed by atoms with Crippen molar-refractivity contribution in [2.24, 2.45) is 16.7 Å². The molecule has 1 heterocycles. The van der Waals surface area contributed by atoms with Gasteiger partial charge in [0.15, 0.2) is 23.6 Å². The van der Waals surface area contributed by atoms with Crippen LogP contribution in [0.25, 0.3) is 0 Å². The second kappa shape index (κ2) is 17.4. The van der Waals surface area contributed by atoms with E-state index in [1.807, 2.05) is 6.92 Å². The zero-order valence-corrected chi connectivity index (χ0v) is 35.7. The van der Waals surface area contributed by atoms with Crippen molar-refractivity contribution >= 4 is 35.6 Å². The Morgan fingerprint density at radius 2 is 1.56 bits per heavy atom. The SMILES string of the molecule is CCCCCC(=O)NC(c1ccccc1)C(O)C(=O)OC1C[C@@]2(O)C(OC(=O)c3ccccc3)C3C4(OC(C)=O)CO[C@@H]4C[C@H](O)[C@@]3(C)C(=O)[C@H](OC(C)=O)C(=C1C)C2(C)C. The van der Waals surface area contributed by atoms with Crippen LogP contribution < -0.4 is 5.32 Å². The van der Waals surface area contributed by atoms with Crippen LogP contribution in [0.5, 0.6) is 0 Å². The number of rotatable bonds is 13. The maximum absolute atomic E-state index is 15.5. The highest BCUT2D eigenvalue weighted by atomic mass is 16.6. The van der Waals surface area contributed by atoms with Crippen LogP contribution in [-0.2, 0) is 47.7 Å².